The maximum atomic E-state index is 10.6. The van der Waals surface area contributed by atoms with E-state index in [1.54, 1.807) is 0 Å². The highest BCUT2D eigenvalue weighted by Crippen LogP contribution is 1.82. The summed E-state index contributed by atoms with van der Waals surface area (Å²) in [5.74, 6) is 8.67. The Balaban J connectivity index is 3.69. The Kier molecular flexibility index (Phi) is 3.37. The van der Waals surface area contributed by atoms with Gasteiger partial charge in [0.25, 0.3) is 0 Å². The lowest BCUT2D eigenvalue weighted by Gasteiger charge is -2.07. The molecule has 10 heavy (non-hydrogen) atoms. The number of carbonyl (C=O) groups excluding carboxylic acids is 2. The standard InChI is InChI=1S/C4H10N4O2/c1-8(6)4(10)2-3(9)7-5/h2,5-6H2,1H3,(H,7,9). The van der Waals surface area contributed by atoms with Gasteiger partial charge < -0.3 is 0 Å². The Morgan fingerprint density at radius 1 is 1.60 bits per heavy atom. The molecule has 0 saturated heterocycles. The highest BCUT2D eigenvalue weighted by atomic mass is 16.2. The molecule has 0 atom stereocenters. The average Bonchev–Trinajstić information content (AvgIpc) is 1.87. The molecule has 5 N–H and O–H groups in total. The van der Waals surface area contributed by atoms with Gasteiger partial charge in [-0.05, 0) is 0 Å². The number of carbonyl (C=O) groups is 2. The van der Waals surface area contributed by atoms with E-state index in [-0.39, 0.29) is 6.42 Å². The van der Waals surface area contributed by atoms with Crippen molar-refractivity contribution in [1.82, 2.24) is 10.4 Å². The van der Waals surface area contributed by atoms with Crippen molar-refractivity contribution in [3.05, 3.63) is 0 Å². The molecule has 0 saturated carbocycles. The lowest BCUT2D eigenvalue weighted by atomic mass is 10.4. The smallest absolute Gasteiger partial charge is 0.245 e. The van der Waals surface area contributed by atoms with Crippen LogP contribution in [0.2, 0.25) is 0 Å². The molecule has 0 aliphatic rings. The molecule has 0 unspecified atom stereocenters. The van der Waals surface area contributed by atoms with Crippen molar-refractivity contribution in [1.29, 1.82) is 0 Å². The van der Waals surface area contributed by atoms with E-state index in [1.165, 1.54) is 7.05 Å². The van der Waals surface area contributed by atoms with Crippen LogP contribution in [-0.4, -0.2) is 23.9 Å². The van der Waals surface area contributed by atoms with E-state index >= 15 is 0 Å². The van der Waals surface area contributed by atoms with Crippen LogP contribution in [0.25, 0.3) is 0 Å². The first kappa shape index (κ1) is 8.86. The quantitative estimate of drug-likeness (QED) is 0.176. The molecule has 0 aliphatic heterocycles. The number of hydrogen-bond acceptors (Lipinski definition) is 4. The van der Waals surface area contributed by atoms with Crippen molar-refractivity contribution in [2.45, 2.75) is 6.42 Å². The molecule has 0 aromatic heterocycles. The SMILES string of the molecule is CN(N)C(=O)CC(=O)NN. The third-order valence-electron chi connectivity index (χ3n) is 0.866. The van der Waals surface area contributed by atoms with E-state index in [2.05, 4.69) is 0 Å². The van der Waals surface area contributed by atoms with Crippen molar-refractivity contribution in [3.63, 3.8) is 0 Å². The van der Waals surface area contributed by atoms with Gasteiger partial charge in [0.2, 0.25) is 11.8 Å². The van der Waals surface area contributed by atoms with Gasteiger partial charge in [-0.2, -0.15) is 0 Å². The van der Waals surface area contributed by atoms with Gasteiger partial charge in [0.15, 0.2) is 0 Å². The second-order valence-electron chi connectivity index (χ2n) is 1.75. The van der Waals surface area contributed by atoms with Crippen molar-refractivity contribution in [2.24, 2.45) is 11.7 Å². The average molecular weight is 146 g/mol. The fourth-order valence-electron chi connectivity index (χ4n) is 0.313. The maximum absolute atomic E-state index is 10.6. The fourth-order valence-corrected chi connectivity index (χ4v) is 0.313. The summed E-state index contributed by atoms with van der Waals surface area (Å²) in [6.07, 6.45) is -0.316. The van der Waals surface area contributed by atoms with Gasteiger partial charge in [0.05, 0.1) is 0 Å². The molecule has 6 heteroatoms. The first-order valence-corrected chi connectivity index (χ1v) is 2.58. The van der Waals surface area contributed by atoms with Crippen molar-refractivity contribution < 1.29 is 9.59 Å². The van der Waals surface area contributed by atoms with Gasteiger partial charge in [0.1, 0.15) is 6.42 Å². The zero-order valence-electron chi connectivity index (χ0n) is 5.63. The van der Waals surface area contributed by atoms with Crippen LogP contribution in [0.1, 0.15) is 6.42 Å². The lowest BCUT2D eigenvalue weighted by molar-refractivity contribution is -0.135. The molecule has 6 nitrogen and oxygen atoms in total. The van der Waals surface area contributed by atoms with Crippen LogP contribution >= 0.6 is 0 Å². The Morgan fingerprint density at radius 2 is 2.10 bits per heavy atom. The molecule has 0 bridgehead atoms. The third kappa shape index (κ3) is 3.00. The number of hydrazine groups is 2. The minimum atomic E-state index is -0.553. The van der Waals surface area contributed by atoms with Crippen LogP contribution in [0, 0.1) is 0 Å². The molecule has 58 valence electrons. The Labute approximate surface area is 58.1 Å². The number of amides is 2. The molecule has 0 radical (unpaired) electrons. The number of nitrogens with one attached hydrogen (secondary N) is 1. The highest BCUT2D eigenvalue weighted by Gasteiger charge is 2.09. The summed E-state index contributed by atoms with van der Waals surface area (Å²) in [6.45, 7) is 0. The summed E-state index contributed by atoms with van der Waals surface area (Å²) in [5, 5.41) is 0.829. The van der Waals surface area contributed by atoms with Crippen LogP contribution in [0.4, 0.5) is 0 Å². The first-order valence-electron chi connectivity index (χ1n) is 2.58. The maximum Gasteiger partial charge on any atom is 0.245 e. The Hall–Kier alpha value is -1.14. The number of rotatable bonds is 2. The fraction of sp³-hybridized carbons (Fsp3) is 0.500. The van der Waals surface area contributed by atoms with Gasteiger partial charge in [-0.3, -0.25) is 20.0 Å². The molecule has 2 amide bonds. The van der Waals surface area contributed by atoms with Crippen LogP contribution in [0.5, 0.6) is 0 Å². The summed E-state index contributed by atoms with van der Waals surface area (Å²) < 4.78 is 0. The largest absolute Gasteiger partial charge is 0.294 e. The van der Waals surface area contributed by atoms with E-state index in [1.807, 2.05) is 5.43 Å². The second kappa shape index (κ2) is 3.80. The van der Waals surface area contributed by atoms with Gasteiger partial charge in [-0.1, -0.05) is 0 Å². The second-order valence-corrected chi connectivity index (χ2v) is 1.75. The number of nitrogens with zero attached hydrogens (tertiary/aromatic N) is 1. The molecule has 0 heterocycles. The first-order chi connectivity index (χ1) is 4.57. The monoisotopic (exact) mass is 146 g/mol. The number of hydrogen-bond donors (Lipinski definition) is 3. The van der Waals surface area contributed by atoms with Gasteiger partial charge in [0, 0.05) is 7.05 Å². The lowest BCUT2D eigenvalue weighted by Crippen LogP contribution is -2.39. The Morgan fingerprint density at radius 3 is 2.40 bits per heavy atom. The van der Waals surface area contributed by atoms with E-state index < -0.39 is 11.8 Å². The normalized spacial score (nSPS) is 8.70. The summed E-state index contributed by atoms with van der Waals surface area (Å²) >= 11 is 0. The molecule has 0 fully saturated rings. The van der Waals surface area contributed by atoms with Crippen LogP contribution in [0.15, 0.2) is 0 Å². The van der Waals surface area contributed by atoms with E-state index in [9.17, 15) is 9.59 Å². The third-order valence-corrected chi connectivity index (χ3v) is 0.866. The minimum absolute atomic E-state index is 0.316. The molecule has 0 spiro atoms. The molecule has 0 rings (SSSR count). The molecular formula is C4H10N4O2. The zero-order valence-corrected chi connectivity index (χ0v) is 5.63. The topological polar surface area (TPSA) is 101 Å². The van der Waals surface area contributed by atoms with Crippen LogP contribution in [0.3, 0.4) is 0 Å². The minimum Gasteiger partial charge on any atom is -0.294 e. The van der Waals surface area contributed by atoms with Crippen molar-refractivity contribution in [3.8, 4) is 0 Å². The molecule has 0 aromatic rings. The Bertz CT molecular complexity index is 144. The van der Waals surface area contributed by atoms with E-state index in [0.29, 0.717) is 0 Å². The number of nitrogens with two attached hydrogens (primary N) is 2. The predicted octanol–water partition coefficient (Wildman–Crippen LogP) is -2.30. The van der Waals surface area contributed by atoms with Crippen molar-refractivity contribution in [2.75, 3.05) is 7.05 Å². The van der Waals surface area contributed by atoms with Crippen LogP contribution < -0.4 is 17.1 Å². The van der Waals surface area contributed by atoms with E-state index in [4.69, 9.17) is 11.7 Å². The van der Waals surface area contributed by atoms with Crippen LogP contribution in [-0.2, 0) is 9.59 Å². The summed E-state index contributed by atoms with van der Waals surface area (Å²) in [4.78, 5) is 21.0. The van der Waals surface area contributed by atoms with Gasteiger partial charge in [-0.15, -0.1) is 0 Å². The molecule has 0 aromatic carbocycles. The predicted molar refractivity (Wildman–Crippen MR) is 33.9 cm³/mol. The van der Waals surface area contributed by atoms with E-state index in [0.717, 1.165) is 5.01 Å². The summed E-state index contributed by atoms with van der Waals surface area (Å²) in [5.41, 5.74) is 1.81. The summed E-state index contributed by atoms with van der Waals surface area (Å²) in [6, 6.07) is 0. The summed E-state index contributed by atoms with van der Waals surface area (Å²) in [7, 11) is 1.35. The van der Waals surface area contributed by atoms with Gasteiger partial charge in [-0.25, -0.2) is 11.7 Å². The molecule has 0 aliphatic carbocycles. The highest BCUT2D eigenvalue weighted by molar-refractivity contribution is 5.96. The molecular weight excluding hydrogens is 136 g/mol. The zero-order chi connectivity index (χ0) is 8.15. The van der Waals surface area contributed by atoms with Gasteiger partial charge >= 0.3 is 0 Å². The van der Waals surface area contributed by atoms with Crippen molar-refractivity contribution >= 4 is 11.8 Å².